The summed E-state index contributed by atoms with van der Waals surface area (Å²) in [7, 11) is 0. The van der Waals surface area contributed by atoms with Crippen LogP contribution in [0.5, 0.6) is 5.75 Å². The van der Waals surface area contributed by atoms with Gasteiger partial charge in [-0.15, -0.1) is 0 Å². The van der Waals surface area contributed by atoms with Gasteiger partial charge in [0, 0.05) is 0 Å². The number of carbonyl (C=O) groups excluding carboxylic acids is 1. The monoisotopic (exact) mass is 355 g/mol. The molecule has 5 nitrogen and oxygen atoms in total. The molecule has 2 N–H and O–H groups in total. The van der Waals surface area contributed by atoms with Gasteiger partial charge in [0.05, 0.1) is 4.47 Å². The van der Waals surface area contributed by atoms with Crippen molar-refractivity contribution in [1.29, 1.82) is 0 Å². The molecule has 21 heavy (non-hydrogen) atoms. The molecule has 6 heteroatoms. The molecule has 1 aliphatic carbocycles. The van der Waals surface area contributed by atoms with Crippen LogP contribution < -0.4 is 10.1 Å². The van der Waals surface area contributed by atoms with Crippen LogP contribution in [0.4, 0.5) is 0 Å². The molecule has 1 fully saturated rings. The van der Waals surface area contributed by atoms with Crippen molar-refractivity contribution in [3.63, 3.8) is 0 Å². The van der Waals surface area contributed by atoms with E-state index in [1.807, 2.05) is 12.1 Å². The van der Waals surface area contributed by atoms with Gasteiger partial charge in [-0.05, 0) is 47.3 Å². The Morgan fingerprint density at radius 2 is 2.10 bits per heavy atom. The lowest BCUT2D eigenvalue weighted by molar-refractivity contribution is -0.143. The molecule has 0 spiro atoms. The molecule has 1 amide bonds. The second-order valence-corrected chi connectivity index (χ2v) is 6.12. The maximum Gasteiger partial charge on any atom is 0.326 e. The van der Waals surface area contributed by atoms with Gasteiger partial charge in [-0.2, -0.15) is 0 Å². The third-order valence-corrected chi connectivity index (χ3v) is 4.05. The van der Waals surface area contributed by atoms with E-state index in [-0.39, 0.29) is 0 Å². The van der Waals surface area contributed by atoms with Gasteiger partial charge in [0.1, 0.15) is 11.8 Å². The summed E-state index contributed by atoms with van der Waals surface area (Å²) in [5.74, 6) is -0.442. The van der Waals surface area contributed by atoms with Crippen molar-refractivity contribution < 1.29 is 19.4 Å². The van der Waals surface area contributed by atoms with Crippen molar-refractivity contribution in [3.8, 4) is 5.75 Å². The van der Waals surface area contributed by atoms with Crippen LogP contribution in [0.25, 0.3) is 0 Å². The number of nitrogens with one attached hydrogen (secondary N) is 1. The van der Waals surface area contributed by atoms with E-state index < -0.39 is 24.0 Å². The van der Waals surface area contributed by atoms with E-state index in [9.17, 15) is 9.59 Å². The van der Waals surface area contributed by atoms with Crippen LogP contribution in [-0.4, -0.2) is 29.1 Å². The van der Waals surface area contributed by atoms with Crippen LogP contribution >= 0.6 is 15.9 Å². The van der Waals surface area contributed by atoms with E-state index >= 15 is 0 Å². The maximum atomic E-state index is 12.1. The normalized spacial score (nSPS) is 16.9. The van der Waals surface area contributed by atoms with Gasteiger partial charge in [-0.1, -0.05) is 25.0 Å². The number of hydrogen-bond acceptors (Lipinski definition) is 3. The van der Waals surface area contributed by atoms with E-state index in [1.165, 1.54) is 0 Å². The Bertz CT molecular complexity index is 530. The van der Waals surface area contributed by atoms with Crippen molar-refractivity contribution in [2.45, 2.75) is 38.3 Å². The smallest absolute Gasteiger partial charge is 0.326 e. The molecule has 0 bridgehead atoms. The molecule has 0 aromatic heterocycles. The predicted molar refractivity (Wildman–Crippen MR) is 81.1 cm³/mol. The molecule has 1 aliphatic rings. The first kappa shape index (κ1) is 15.8. The van der Waals surface area contributed by atoms with E-state index in [1.54, 1.807) is 19.1 Å². The summed E-state index contributed by atoms with van der Waals surface area (Å²) in [6, 6.07) is 6.37. The molecule has 0 saturated heterocycles. The number of carboxylic acids is 1. The van der Waals surface area contributed by atoms with Crippen LogP contribution in [0.1, 0.15) is 26.2 Å². The van der Waals surface area contributed by atoms with Crippen LogP contribution in [-0.2, 0) is 9.59 Å². The number of amides is 1. The maximum absolute atomic E-state index is 12.1. The number of halogens is 1. The van der Waals surface area contributed by atoms with Crippen molar-refractivity contribution in [3.05, 3.63) is 28.7 Å². The van der Waals surface area contributed by atoms with E-state index in [0.29, 0.717) is 18.1 Å². The minimum absolute atomic E-state index is 0.418. The summed E-state index contributed by atoms with van der Waals surface area (Å²) in [6.07, 6.45) is 1.82. The molecule has 2 unspecified atom stereocenters. The summed E-state index contributed by atoms with van der Waals surface area (Å²) < 4.78 is 6.30. The van der Waals surface area contributed by atoms with Crippen LogP contribution in [0.2, 0.25) is 0 Å². The first-order valence-electron chi connectivity index (χ1n) is 6.91. The Morgan fingerprint density at radius 3 is 2.67 bits per heavy atom. The number of carbonyl (C=O) groups is 2. The number of carboxylic acid groups (broad SMARTS) is 1. The van der Waals surface area contributed by atoms with E-state index in [0.717, 1.165) is 17.3 Å². The summed E-state index contributed by atoms with van der Waals surface area (Å²) in [6.45, 7) is 1.60. The first-order chi connectivity index (χ1) is 9.97. The summed E-state index contributed by atoms with van der Waals surface area (Å²) in [5, 5.41) is 11.7. The highest BCUT2D eigenvalue weighted by molar-refractivity contribution is 9.10. The minimum atomic E-state index is -0.997. The lowest BCUT2D eigenvalue weighted by Crippen LogP contribution is -2.46. The van der Waals surface area contributed by atoms with Gasteiger partial charge < -0.3 is 15.2 Å². The Labute approximate surface area is 131 Å². The van der Waals surface area contributed by atoms with Crippen molar-refractivity contribution in [1.82, 2.24) is 5.32 Å². The first-order valence-corrected chi connectivity index (χ1v) is 7.71. The highest BCUT2D eigenvalue weighted by Gasteiger charge is 2.31. The molecule has 2 rings (SSSR count). The van der Waals surface area contributed by atoms with E-state index in [2.05, 4.69) is 21.2 Å². The topological polar surface area (TPSA) is 75.6 Å². The number of benzene rings is 1. The van der Waals surface area contributed by atoms with Crippen LogP contribution in [0.3, 0.4) is 0 Å². The van der Waals surface area contributed by atoms with Gasteiger partial charge in [0.25, 0.3) is 5.91 Å². The Balaban J connectivity index is 1.91. The Morgan fingerprint density at radius 1 is 1.43 bits per heavy atom. The fourth-order valence-electron chi connectivity index (χ4n) is 1.98. The SMILES string of the molecule is CC(Oc1ccccc1Br)C(=O)NC(CC1CC1)C(=O)O. The lowest BCUT2D eigenvalue weighted by atomic mass is 10.1. The fraction of sp³-hybridized carbons (Fsp3) is 0.467. The third-order valence-electron chi connectivity index (χ3n) is 3.39. The molecule has 0 radical (unpaired) electrons. The Kier molecular flexibility index (Phi) is 5.22. The average Bonchev–Trinajstić information content (AvgIpc) is 3.24. The molecule has 1 saturated carbocycles. The molecule has 0 aliphatic heterocycles. The quantitative estimate of drug-likeness (QED) is 0.788. The zero-order chi connectivity index (χ0) is 15.4. The molecule has 1 aromatic rings. The fourth-order valence-corrected chi connectivity index (χ4v) is 2.36. The molecule has 114 valence electrons. The average molecular weight is 356 g/mol. The number of rotatable bonds is 7. The highest BCUT2D eigenvalue weighted by atomic mass is 79.9. The van der Waals surface area contributed by atoms with E-state index in [4.69, 9.17) is 9.84 Å². The van der Waals surface area contributed by atoms with Gasteiger partial charge in [0.15, 0.2) is 6.10 Å². The lowest BCUT2D eigenvalue weighted by Gasteiger charge is -2.19. The van der Waals surface area contributed by atoms with Gasteiger partial charge >= 0.3 is 5.97 Å². The minimum Gasteiger partial charge on any atom is -0.480 e. The van der Waals surface area contributed by atoms with Gasteiger partial charge in [-0.25, -0.2) is 4.79 Å². The molecule has 2 atom stereocenters. The highest BCUT2D eigenvalue weighted by Crippen LogP contribution is 2.33. The Hall–Kier alpha value is -1.56. The summed E-state index contributed by atoms with van der Waals surface area (Å²) >= 11 is 3.34. The largest absolute Gasteiger partial charge is 0.480 e. The summed E-state index contributed by atoms with van der Waals surface area (Å²) in [4.78, 5) is 23.2. The number of hydrogen-bond donors (Lipinski definition) is 2. The standard InChI is InChI=1S/C15H18BrNO4/c1-9(21-13-5-3-2-4-11(13)16)14(18)17-12(15(19)20)8-10-6-7-10/h2-5,9-10,12H,6-8H2,1H3,(H,17,18)(H,19,20). The van der Waals surface area contributed by atoms with Gasteiger partial charge in [0.2, 0.25) is 0 Å². The predicted octanol–water partition coefficient (Wildman–Crippen LogP) is 2.59. The van der Waals surface area contributed by atoms with Crippen molar-refractivity contribution in [2.75, 3.05) is 0 Å². The van der Waals surface area contributed by atoms with Crippen LogP contribution in [0, 0.1) is 5.92 Å². The number of para-hydroxylation sites is 1. The van der Waals surface area contributed by atoms with Crippen molar-refractivity contribution in [2.24, 2.45) is 5.92 Å². The number of ether oxygens (including phenoxy) is 1. The van der Waals surface area contributed by atoms with Crippen LogP contribution in [0.15, 0.2) is 28.7 Å². The molecular weight excluding hydrogens is 338 g/mol. The zero-order valence-corrected chi connectivity index (χ0v) is 13.3. The second kappa shape index (κ2) is 6.93. The summed E-state index contributed by atoms with van der Waals surface area (Å²) in [5.41, 5.74) is 0. The number of aliphatic carboxylic acids is 1. The van der Waals surface area contributed by atoms with Crippen molar-refractivity contribution >= 4 is 27.8 Å². The van der Waals surface area contributed by atoms with Gasteiger partial charge in [-0.3, -0.25) is 4.79 Å². The molecular formula is C15H18BrNO4. The second-order valence-electron chi connectivity index (χ2n) is 5.27. The third kappa shape index (κ3) is 4.74. The zero-order valence-electron chi connectivity index (χ0n) is 11.7. The molecule has 0 heterocycles. The molecule has 1 aromatic carbocycles.